The number of carbonyl (C=O) groups excluding carboxylic acids is 1. The molecule has 4 rings (SSSR count). The van der Waals surface area contributed by atoms with Gasteiger partial charge >= 0.3 is 0 Å². The van der Waals surface area contributed by atoms with E-state index < -0.39 is 10.0 Å². The van der Waals surface area contributed by atoms with Crippen molar-refractivity contribution < 1.29 is 17.9 Å². The fourth-order valence-electron chi connectivity index (χ4n) is 4.05. The SMILES string of the molecule is COCCn1c(=NC(=O)C2CCN(S(=O)(=O)c3ccc(C)cc3)CC2)sc2cc(C)ccc21. The van der Waals surface area contributed by atoms with Gasteiger partial charge in [0, 0.05) is 32.7 Å². The maximum Gasteiger partial charge on any atom is 0.251 e. The first-order valence-corrected chi connectivity index (χ1v) is 13.3. The highest BCUT2D eigenvalue weighted by Crippen LogP contribution is 2.25. The Morgan fingerprint density at radius 1 is 1.09 bits per heavy atom. The molecule has 1 saturated heterocycles. The number of ether oxygens (including phenoxy) is 1. The summed E-state index contributed by atoms with van der Waals surface area (Å²) in [5, 5.41) is 0. The van der Waals surface area contributed by atoms with Gasteiger partial charge in [-0.15, -0.1) is 0 Å². The Labute approximate surface area is 198 Å². The van der Waals surface area contributed by atoms with Crippen LogP contribution in [-0.2, 0) is 26.1 Å². The predicted molar refractivity (Wildman–Crippen MR) is 130 cm³/mol. The minimum atomic E-state index is -3.55. The van der Waals surface area contributed by atoms with Crippen LogP contribution in [0.25, 0.3) is 10.2 Å². The number of piperidine rings is 1. The van der Waals surface area contributed by atoms with Crippen LogP contribution >= 0.6 is 11.3 Å². The van der Waals surface area contributed by atoms with E-state index in [2.05, 4.69) is 17.1 Å². The molecule has 0 radical (unpaired) electrons. The molecule has 0 atom stereocenters. The van der Waals surface area contributed by atoms with Gasteiger partial charge in [-0.1, -0.05) is 35.1 Å². The average Bonchev–Trinajstić information content (AvgIpc) is 3.13. The largest absolute Gasteiger partial charge is 0.383 e. The third-order valence-electron chi connectivity index (χ3n) is 6.03. The van der Waals surface area contributed by atoms with E-state index >= 15 is 0 Å². The summed E-state index contributed by atoms with van der Waals surface area (Å²) in [6.45, 7) is 5.73. The van der Waals surface area contributed by atoms with Crippen molar-refractivity contribution in [3.8, 4) is 0 Å². The summed E-state index contributed by atoms with van der Waals surface area (Å²) in [5.41, 5.74) is 3.20. The van der Waals surface area contributed by atoms with Gasteiger partial charge in [-0.2, -0.15) is 9.30 Å². The smallest absolute Gasteiger partial charge is 0.251 e. The van der Waals surface area contributed by atoms with E-state index in [-0.39, 0.29) is 11.8 Å². The number of thiazole rings is 1. The zero-order chi connectivity index (χ0) is 23.6. The van der Waals surface area contributed by atoms with Gasteiger partial charge in [-0.05, 0) is 56.5 Å². The first-order chi connectivity index (χ1) is 15.8. The van der Waals surface area contributed by atoms with Crippen LogP contribution < -0.4 is 4.80 Å². The summed E-state index contributed by atoms with van der Waals surface area (Å²) in [4.78, 5) is 18.5. The minimum absolute atomic E-state index is 0.183. The van der Waals surface area contributed by atoms with Crippen molar-refractivity contribution in [3.63, 3.8) is 0 Å². The molecule has 3 aromatic rings. The molecule has 1 amide bonds. The van der Waals surface area contributed by atoms with Gasteiger partial charge in [-0.25, -0.2) is 8.42 Å². The Bertz CT molecular complexity index is 1320. The molecule has 0 N–H and O–H groups in total. The van der Waals surface area contributed by atoms with E-state index in [0.29, 0.717) is 48.8 Å². The van der Waals surface area contributed by atoms with Crippen LogP contribution in [0, 0.1) is 19.8 Å². The van der Waals surface area contributed by atoms with Crippen molar-refractivity contribution >= 4 is 37.5 Å². The molecule has 176 valence electrons. The molecule has 0 saturated carbocycles. The van der Waals surface area contributed by atoms with Crippen molar-refractivity contribution in [2.24, 2.45) is 10.9 Å². The zero-order valence-corrected chi connectivity index (χ0v) is 20.8. The van der Waals surface area contributed by atoms with Gasteiger partial charge in [0.25, 0.3) is 5.91 Å². The zero-order valence-electron chi connectivity index (χ0n) is 19.2. The average molecular weight is 488 g/mol. The Kier molecular flexibility index (Phi) is 7.13. The predicted octanol–water partition coefficient (Wildman–Crippen LogP) is 3.49. The standard InChI is InChI=1S/C24H29N3O4S2/c1-17-4-7-20(8-5-17)33(29,30)26-12-10-19(11-13-26)23(28)25-24-27(14-15-31-3)21-9-6-18(2)16-22(21)32-24/h4-9,16,19H,10-15H2,1-3H3. The fraction of sp³-hybridized carbons (Fsp3) is 0.417. The van der Waals surface area contributed by atoms with E-state index in [9.17, 15) is 13.2 Å². The number of nitrogens with zero attached hydrogens (tertiary/aromatic N) is 3. The fourth-order valence-corrected chi connectivity index (χ4v) is 6.68. The highest BCUT2D eigenvalue weighted by atomic mass is 32.2. The molecule has 1 aliphatic heterocycles. The molecule has 1 fully saturated rings. The molecule has 0 unspecified atom stereocenters. The molecule has 0 spiro atoms. The Hall–Kier alpha value is -2.33. The van der Waals surface area contributed by atoms with E-state index in [1.54, 1.807) is 31.4 Å². The van der Waals surface area contributed by atoms with Gasteiger partial charge in [0.05, 0.1) is 21.7 Å². The molecule has 1 aromatic heterocycles. The van der Waals surface area contributed by atoms with Crippen LogP contribution in [0.3, 0.4) is 0 Å². The number of hydrogen-bond donors (Lipinski definition) is 0. The molecule has 2 aromatic carbocycles. The molecule has 0 aliphatic carbocycles. The van der Waals surface area contributed by atoms with Gasteiger partial charge < -0.3 is 9.30 Å². The van der Waals surface area contributed by atoms with Gasteiger partial charge in [0.1, 0.15) is 0 Å². The number of aryl methyl sites for hydroxylation is 2. The van der Waals surface area contributed by atoms with Crippen LogP contribution in [0.15, 0.2) is 52.4 Å². The van der Waals surface area contributed by atoms with E-state index in [1.165, 1.54) is 15.6 Å². The van der Waals surface area contributed by atoms with Crippen molar-refractivity contribution in [3.05, 3.63) is 58.4 Å². The maximum atomic E-state index is 13.0. The third-order valence-corrected chi connectivity index (χ3v) is 8.98. The number of methoxy groups -OCH3 is 1. The van der Waals surface area contributed by atoms with Crippen LogP contribution in [-0.4, -0.2) is 50.0 Å². The molecule has 7 nitrogen and oxygen atoms in total. The number of rotatable bonds is 6. The second kappa shape index (κ2) is 9.89. The summed E-state index contributed by atoms with van der Waals surface area (Å²) in [6, 6.07) is 13.1. The number of carbonyl (C=O) groups is 1. The van der Waals surface area contributed by atoms with Crippen LogP contribution in [0.1, 0.15) is 24.0 Å². The Morgan fingerprint density at radius 2 is 1.76 bits per heavy atom. The lowest BCUT2D eigenvalue weighted by Crippen LogP contribution is -2.40. The second-order valence-corrected chi connectivity index (χ2v) is 11.4. The quantitative estimate of drug-likeness (QED) is 0.533. The van der Waals surface area contributed by atoms with Crippen molar-refractivity contribution in [2.75, 3.05) is 26.8 Å². The first kappa shape index (κ1) is 23.8. The lowest BCUT2D eigenvalue weighted by Gasteiger charge is -2.29. The van der Waals surface area contributed by atoms with Gasteiger partial charge in [0.15, 0.2) is 4.80 Å². The van der Waals surface area contributed by atoms with Crippen molar-refractivity contribution in [1.29, 1.82) is 0 Å². The number of aromatic nitrogens is 1. The van der Waals surface area contributed by atoms with Gasteiger partial charge in [0.2, 0.25) is 10.0 Å². The highest BCUT2D eigenvalue weighted by molar-refractivity contribution is 7.89. The molecular weight excluding hydrogens is 458 g/mol. The minimum Gasteiger partial charge on any atom is -0.383 e. The number of hydrogen-bond acceptors (Lipinski definition) is 5. The van der Waals surface area contributed by atoms with Crippen LogP contribution in [0.2, 0.25) is 0 Å². The van der Waals surface area contributed by atoms with E-state index in [4.69, 9.17) is 4.74 Å². The number of fused-ring (bicyclic) bond motifs is 1. The molecular formula is C24H29N3O4S2. The number of sulfonamides is 1. The Morgan fingerprint density at radius 3 is 2.42 bits per heavy atom. The van der Waals surface area contributed by atoms with E-state index in [0.717, 1.165) is 21.3 Å². The summed E-state index contributed by atoms with van der Waals surface area (Å²) in [5.74, 6) is -0.464. The second-order valence-electron chi connectivity index (χ2n) is 8.44. The lowest BCUT2D eigenvalue weighted by atomic mass is 9.98. The summed E-state index contributed by atoms with van der Waals surface area (Å²) >= 11 is 1.50. The van der Waals surface area contributed by atoms with Crippen molar-refractivity contribution in [2.45, 2.75) is 38.1 Å². The topological polar surface area (TPSA) is 81.0 Å². The normalized spacial score (nSPS) is 16.5. The molecule has 1 aliphatic rings. The van der Waals surface area contributed by atoms with Crippen molar-refractivity contribution in [1.82, 2.24) is 8.87 Å². The monoisotopic (exact) mass is 487 g/mol. The summed E-state index contributed by atoms with van der Waals surface area (Å²) < 4.78 is 35.7. The highest BCUT2D eigenvalue weighted by Gasteiger charge is 2.32. The molecule has 9 heteroatoms. The lowest BCUT2D eigenvalue weighted by molar-refractivity contribution is -0.122. The molecule has 0 bridgehead atoms. The van der Waals surface area contributed by atoms with E-state index in [1.807, 2.05) is 24.5 Å². The van der Waals surface area contributed by atoms with Gasteiger partial charge in [-0.3, -0.25) is 4.79 Å². The summed E-state index contributed by atoms with van der Waals surface area (Å²) in [6.07, 6.45) is 0.936. The first-order valence-electron chi connectivity index (χ1n) is 11.0. The van der Waals surface area contributed by atoms with Crippen LogP contribution in [0.5, 0.6) is 0 Å². The summed E-state index contributed by atoms with van der Waals surface area (Å²) in [7, 11) is -1.90. The number of amides is 1. The molecule has 2 heterocycles. The van der Waals surface area contributed by atoms with Crippen LogP contribution in [0.4, 0.5) is 0 Å². The third kappa shape index (κ3) is 5.11. The number of benzene rings is 2. The maximum absolute atomic E-state index is 13.0. The molecule has 33 heavy (non-hydrogen) atoms. The Balaban J connectivity index is 1.52.